The molecule has 0 aliphatic heterocycles. The van der Waals surface area contributed by atoms with E-state index in [4.69, 9.17) is 14.7 Å². The van der Waals surface area contributed by atoms with Crippen LogP contribution in [-0.2, 0) is 14.3 Å². The smallest absolute Gasteiger partial charge is 0.341 e. The van der Waals surface area contributed by atoms with Gasteiger partial charge in [0.15, 0.2) is 0 Å². The Morgan fingerprint density at radius 3 is 3.00 bits per heavy atom. The average molecular weight is 370 g/mol. The molecule has 142 valence electrons. The van der Waals surface area contributed by atoms with Crippen LogP contribution in [0.25, 0.3) is 11.0 Å². The number of carbonyl (C=O) groups is 2. The second-order valence-corrected chi connectivity index (χ2v) is 6.51. The van der Waals surface area contributed by atoms with Crippen LogP contribution in [0, 0.1) is 11.3 Å². The molecule has 1 N–H and O–H groups in total. The highest BCUT2D eigenvalue weighted by atomic mass is 16.5. The number of aromatic nitrogens is 2. The van der Waals surface area contributed by atoms with E-state index < -0.39 is 11.9 Å². The lowest BCUT2D eigenvalue weighted by Gasteiger charge is -2.29. The molecule has 8 heteroatoms. The Bertz CT molecular complexity index is 885. The van der Waals surface area contributed by atoms with Gasteiger partial charge in [0.2, 0.25) is 0 Å². The Hall–Kier alpha value is -3.08. The zero-order valence-electron chi connectivity index (χ0n) is 15.4. The van der Waals surface area contributed by atoms with E-state index in [1.165, 1.54) is 6.20 Å². The maximum atomic E-state index is 12.4. The van der Waals surface area contributed by atoms with Crippen LogP contribution in [0.3, 0.4) is 0 Å². The minimum Gasteiger partial charge on any atom is -0.462 e. The summed E-state index contributed by atoms with van der Waals surface area (Å²) in [6, 6.07) is 3.78. The molecule has 0 amide bonds. The zero-order valence-corrected chi connectivity index (χ0v) is 15.4. The molecular weight excluding hydrogens is 348 g/mol. The van der Waals surface area contributed by atoms with Crippen molar-refractivity contribution in [2.45, 2.75) is 44.8 Å². The Labute approximate surface area is 157 Å². The number of nitrogens with zero attached hydrogens (tertiary/aromatic N) is 3. The number of hydrogen-bond acceptors (Lipinski definition) is 7. The number of H-pyrrole nitrogens is 1. The number of nitrogens with one attached hydrogen (secondary N) is 1. The van der Waals surface area contributed by atoms with E-state index in [-0.39, 0.29) is 25.2 Å². The fraction of sp³-hybridized carbons (Fsp3) is 0.474. The molecule has 1 aliphatic rings. The van der Waals surface area contributed by atoms with Crippen molar-refractivity contribution in [3.8, 4) is 6.07 Å². The first-order valence-electron chi connectivity index (χ1n) is 8.97. The van der Waals surface area contributed by atoms with Gasteiger partial charge in [-0.25, -0.2) is 9.78 Å². The van der Waals surface area contributed by atoms with Crippen LogP contribution in [0.4, 0.5) is 5.69 Å². The van der Waals surface area contributed by atoms with Gasteiger partial charge in [-0.3, -0.25) is 4.79 Å². The predicted octanol–water partition coefficient (Wildman–Crippen LogP) is 2.55. The summed E-state index contributed by atoms with van der Waals surface area (Å²) >= 11 is 0. The standard InChI is InChI=1S/C19H22N4O4/c1-3-26-19(25)15-11-22-18-14(7-9-21-18)17(15)23(2)12-4-5-13(10-12)27-16(24)6-8-20/h7,9,11-13H,3-6,10H2,1-2H3,(H,21,22). The number of aromatic amines is 1. The first kappa shape index (κ1) is 18.7. The molecule has 1 aliphatic carbocycles. The zero-order chi connectivity index (χ0) is 19.4. The second-order valence-electron chi connectivity index (χ2n) is 6.51. The summed E-state index contributed by atoms with van der Waals surface area (Å²) in [5.41, 5.74) is 1.87. The monoisotopic (exact) mass is 370 g/mol. The molecule has 2 unspecified atom stereocenters. The highest BCUT2D eigenvalue weighted by Gasteiger charge is 2.32. The summed E-state index contributed by atoms with van der Waals surface area (Å²) in [7, 11) is 1.93. The SMILES string of the molecule is CCOC(=O)c1cnc2[nH]ccc2c1N(C)C1CCC(OC(=O)CC#N)C1. The molecule has 0 aromatic carbocycles. The minimum atomic E-state index is -0.491. The summed E-state index contributed by atoms with van der Waals surface area (Å²) < 4.78 is 10.6. The largest absolute Gasteiger partial charge is 0.462 e. The van der Waals surface area contributed by atoms with Gasteiger partial charge in [0.25, 0.3) is 0 Å². The highest BCUT2D eigenvalue weighted by Crippen LogP contribution is 2.35. The third kappa shape index (κ3) is 3.87. The molecule has 3 rings (SSSR count). The molecule has 0 saturated heterocycles. The van der Waals surface area contributed by atoms with Crippen molar-refractivity contribution in [2.75, 3.05) is 18.6 Å². The van der Waals surface area contributed by atoms with E-state index in [0.717, 1.165) is 23.9 Å². The third-order valence-corrected chi connectivity index (χ3v) is 4.83. The number of carbonyl (C=O) groups excluding carboxylic acids is 2. The van der Waals surface area contributed by atoms with Gasteiger partial charge in [-0.2, -0.15) is 5.26 Å². The van der Waals surface area contributed by atoms with E-state index in [1.54, 1.807) is 19.2 Å². The number of esters is 2. The first-order chi connectivity index (χ1) is 13.0. The van der Waals surface area contributed by atoms with Gasteiger partial charge in [0, 0.05) is 37.3 Å². The summed E-state index contributed by atoms with van der Waals surface area (Å²) in [6.45, 7) is 2.05. The molecule has 2 aromatic heterocycles. The van der Waals surface area contributed by atoms with E-state index in [0.29, 0.717) is 17.6 Å². The molecule has 27 heavy (non-hydrogen) atoms. The van der Waals surface area contributed by atoms with Gasteiger partial charge in [-0.05, 0) is 25.8 Å². The molecule has 1 fully saturated rings. The van der Waals surface area contributed by atoms with Crippen molar-refractivity contribution < 1.29 is 19.1 Å². The molecule has 0 radical (unpaired) electrons. The topological polar surface area (TPSA) is 108 Å². The molecule has 1 saturated carbocycles. The maximum Gasteiger partial charge on any atom is 0.341 e. The van der Waals surface area contributed by atoms with Crippen LogP contribution >= 0.6 is 0 Å². The number of hydrogen-bond donors (Lipinski definition) is 1. The summed E-state index contributed by atoms with van der Waals surface area (Å²) in [4.78, 5) is 33.4. The Morgan fingerprint density at radius 1 is 1.44 bits per heavy atom. The van der Waals surface area contributed by atoms with Gasteiger partial charge < -0.3 is 19.4 Å². The summed E-state index contributed by atoms with van der Waals surface area (Å²) in [6.07, 6.45) is 5.04. The molecule has 8 nitrogen and oxygen atoms in total. The van der Waals surface area contributed by atoms with Gasteiger partial charge >= 0.3 is 11.9 Å². The van der Waals surface area contributed by atoms with Gasteiger partial charge in [0.05, 0.1) is 18.4 Å². The maximum absolute atomic E-state index is 12.4. The van der Waals surface area contributed by atoms with Gasteiger partial charge in [0.1, 0.15) is 23.7 Å². The third-order valence-electron chi connectivity index (χ3n) is 4.83. The van der Waals surface area contributed by atoms with Crippen LogP contribution in [-0.4, -0.2) is 47.7 Å². The van der Waals surface area contributed by atoms with Crippen LogP contribution in [0.2, 0.25) is 0 Å². The first-order valence-corrected chi connectivity index (χ1v) is 8.97. The van der Waals surface area contributed by atoms with Crippen LogP contribution in [0.5, 0.6) is 0 Å². The van der Waals surface area contributed by atoms with Crippen LogP contribution in [0.15, 0.2) is 18.5 Å². The van der Waals surface area contributed by atoms with E-state index in [9.17, 15) is 9.59 Å². The molecule has 0 bridgehead atoms. The van der Waals surface area contributed by atoms with E-state index in [2.05, 4.69) is 9.97 Å². The second kappa shape index (κ2) is 8.08. The molecule has 2 atom stereocenters. The predicted molar refractivity (Wildman–Crippen MR) is 98.2 cm³/mol. The highest BCUT2D eigenvalue weighted by molar-refractivity contribution is 6.04. The summed E-state index contributed by atoms with van der Waals surface area (Å²) in [5.74, 6) is -0.903. The lowest BCUT2D eigenvalue weighted by molar-refractivity contribution is -0.147. The van der Waals surface area contributed by atoms with Crippen molar-refractivity contribution in [2.24, 2.45) is 0 Å². The number of rotatable bonds is 6. The van der Waals surface area contributed by atoms with Crippen molar-refractivity contribution in [1.29, 1.82) is 5.26 Å². The van der Waals surface area contributed by atoms with Gasteiger partial charge in [-0.15, -0.1) is 0 Å². The number of pyridine rings is 1. The van der Waals surface area contributed by atoms with E-state index >= 15 is 0 Å². The van der Waals surface area contributed by atoms with Crippen molar-refractivity contribution >= 4 is 28.7 Å². The number of ether oxygens (including phenoxy) is 2. The fourth-order valence-corrected chi connectivity index (χ4v) is 3.58. The van der Waals surface area contributed by atoms with Crippen LogP contribution < -0.4 is 4.90 Å². The Kier molecular flexibility index (Phi) is 5.60. The number of nitriles is 1. The quantitative estimate of drug-likeness (QED) is 0.778. The van der Waals surface area contributed by atoms with E-state index in [1.807, 2.05) is 18.0 Å². The Balaban J connectivity index is 1.85. The summed E-state index contributed by atoms with van der Waals surface area (Å²) in [5, 5.41) is 9.43. The Morgan fingerprint density at radius 2 is 2.26 bits per heavy atom. The molecule has 2 heterocycles. The molecule has 0 spiro atoms. The average Bonchev–Trinajstić information content (AvgIpc) is 3.29. The fourth-order valence-electron chi connectivity index (χ4n) is 3.58. The normalized spacial score (nSPS) is 18.9. The van der Waals surface area contributed by atoms with Crippen LogP contribution in [0.1, 0.15) is 43.0 Å². The minimum absolute atomic E-state index is 0.0959. The van der Waals surface area contributed by atoms with Gasteiger partial charge in [-0.1, -0.05) is 0 Å². The molecule has 2 aromatic rings. The van der Waals surface area contributed by atoms with Crippen molar-refractivity contribution in [1.82, 2.24) is 9.97 Å². The lowest BCUT2D eigenvalue weighted by atomic mass is 10.1. The molecular formula is C19H22N4O4. The van der Waals surface area contributed by atoms with Crippen molar-refractivity contribution in [3.63, 3.8) is 0 Å². The number of anilines is 1. The number of fused-ring (bicyclic) bond motifs is 1. The lowest BCUT2D eigenvalue weighted by Crippen LogP contribution is -2.32. The van der Waals surface area contributed by atoms with Crippen molar-refractivity contribution in [3.05, 3.63) is 24.0 Å².